The maximum atomic E-state index is 12.7. The van der Waals surface area contributed by atoms with Gasteiger partial charge in [-0.15, -0.1) is 0 Å². The van der Waals surface area contributed by atoms with E-state index in [1.165, 1.54) is 38.2 Å². The standard InChI is InChI=1S/C22H28N2O3S/c1-16(2)28(26,27)21-11-7-6-10-20(21)22(25)24-19-14-12-18(13-15-19)23-17-8-4-3-5-9-17/h6-7,10-17,23H,3-5,8-9H2,1-2H3,(H,24,25). The van der Waals surface area contributed by atoms with Gasteiger partial charge in [-0.25, -0.2) is 8.42 Å². The minimum absolute atomic E-state index is 0.0677. The molecule has 0 atom stereocenters. The maximum absolute atomic E-state index is 12.7. The molecule has 0 radical (unpaired) electrons. The summed E-state index contributed by atoms with van der Waals surface area (Å²) >= 11 is 0. The molecule has 1 amide bonds. The second-order valence-corrected chi connectivity index (χ2v) is 10.1. The Balaban J connectivity index is 1.72. The zero-order chi connectivity index (χ0) is 20.1. The molecule has 1 aliphatic carbocycles. The number of carbonyl (C=O) groups is 1. The number of hydrogen-bond acceptors (Lipinski definition) is 4. The molecular weight excluding hydrogens is 372 g/mol. The molecule has 3 rings (SSSR count). The van der Waals surface area contributed by atoms with E-state index in [0.717, 1.165) is 5.69 Å². The van der Waals surface area contributed by atoms with Crippen LogP contribution >= 0.6 is 0 Å². The quantitative estimate of drug-likeness (QED) is 0.726. The highest BCUT2D eigenvalue weighted by molar-refractivity contribution is 7.92. The van der Waals surface area contributed by atoms with Crippen LogP contribution in [0.3, 0.4) is 0 Å². The number of benzene rings is 2. The van der Waals surface area contributed by atoms with E-state index in [1.807, 2.05) is 24.3 Å². The molecular formula is C22H28N2O3S. The SMILES string of the molecule is CC(C)S(=O)(=O)c1ccccc1C(=O)Nc1ccc(NC2CCCCC2)cc1. The molecule has 1 saturated carbocycles. The Morgan fingerprint density at radius 2 is 1.54 bits per heavy atom. The molecule has 28 heavy (non-hydrogen) atoms. The molecule has 2 aromatic carbocycles. The van der Waals surface area contributed by atoms with Gasteiger partial charge in [-0.1, -0.05) is 31.4 Å². The third kappa shape index (κ3) is 4.73. The van der Waals surface area contributed by atoms with Gasteiger partial charge in [-0.2, -0.15) is 0 Å². The van der Waals surface area contributed by atoms with Crippen LogP contribution < -0.4 is 10.6 Å². The number of amides is 1. The van der Waals surface area contributed by atoms with E-state index in [9.17, 15) is 13.2 Å². The lowest BCUT2D eigenvalue weighted by Gasteiger charge is -2.24. The average Bonchev–Trinajstić information content (AvgIpc) is 2.70. The summed E-state index contributed by atoms with van der Waals surface area (Å²) in [7, 11) is -3.54. The molecule has 0 aromatic heterocycles. The predicted octanol–water partition coefficient (Wildman–Crippen LogP) is 4.87. The fourth-order valence-electron chi connectivity index (χ4n) is 3.49. The molecule has 0 aliphatic heterocycles. The summed E-state index contributed by atoms with van der Waals surface area (Å²) in [5.41, 5.74) is 1.84. The normalized spacial score (nSPS) is 15.4. The number of carbonyl (C=O) groups excluding carboxylic acids is 1. The van der Waals surface area contributed by atoms with E-state index in [-0.39, 0.29) is 10.5 Å². The monoisotopic (exact) mass is 400 g/mol. The first-order chi connectivity index (χ1) is 13.4. The highest BCUT2D eigenvalue weighted by atomic mass is 32.2. The molecule has 5 nitrogen and oxygen atoms in total. The van der Waals surface area contributed by atoms with Crippen LogP contribution in [0.15, 0.2) is 53.4 Å². The van der Waals surface area contributed by atoms with Crippen molar-refractivity contribution in [2.24, 2.45) is 0 Å². The third-order valence-electron chi connectivity index (χ3n) is 5.18. The van der Waals surface area contributed by atoms with Gasteiger partial charge in [0.2, 0.25) is 0 Å². The summed E-state index contributed by atoms with van der Waals surface area (Å²) in [5, 5.41) is 5.76. The maximum Gasteiger partial charge on any atom is 0.256 e. The van der Waals surface area contributed by atoms with Gasteiger partial charge in [0.05, 0.1) is 15.7 Å². The summed E-state index contributed by atoms with van der Waals surface area (Å²) in [6.45, 7) is 3.23. The Hall–Kier alpha value is -2.34. The summed E-state index contributed by atoms with van der Waals surface area (Å²) in [5.74, 6) is -0.423. The summed E-state index contributed by atoms with van der Waals surface area (Å²) in [6.07, 6.45) is 6.24. The first kappa shape index (κ1) is 20.4. The molecule has 0 heterocycles. The minimum Gasteiger partial charge on any atom is -0.382 e. The van der Waals surface area contributed by atoms with Crippen molar-refractivity contribution in [1.82, 2.24) is 0 Å². The Kier molecular flexibility index (Phi) is 6.39. The summed E-state index contributed by atoms with van der Waals surface area (Å²) in [4.78, 5) is 12.8. The van der Waals surface area contributed by atoms with Crippen LogP contribution in [0.5, 0.6) is 0 Å². The van der Waals surface area contributed by atoms with Gasteiger partial charge < -0.3 is 10.6 Å². The largest absolute Gasteiger partial charge is 0.382 e. The molecule has 6 heteroatoms. The molecule has 0 unspecified atom stereocenters. The first-order valence-electron chi connectivity index (χ1n) is 9.89. The Morgan fingerprint density at radius 1 is 0.929 bits per heavy atom. The van der Waals surface area contributed by atoms with E-state index in [0.29, 0.717) is 11.7 Å². The predicted molar refractivity (Wildman–Crippen MR) is 114 cm³/mol. The van der Waals surface area contributed by atoms with Gasteiger partial charge in [-0.3, -0.25) is 4.79 Å². The zero-order valence-corrected chi connectivity index (χ0v) is 17.3. The number of rotatable bonds is 6. The lowest BCUT2D eigenvalue weighted by atomic mass is 9.95. The second kappa shape index (κ2) is 8.78. The van der Waals surface area contributed by atoms with Gasteiger partial charge in [-0.05, 0) is 63.1 Å². The van der Waals surface area contributed by atoms with Crippen molar-refractivity contribution >= 4 is 27.1 Å². The fraction of sp³-hybridized carbons (Fsp3) is 0.409. The third-order valence-corrected chi connectivity index (χ3v) is 7.39. The second-order valence-electron chi connectivity index (χ2n) is 7.60. The van der Waals surface area contributed by atoms with Crippen LogP contribution in [0.2, 0.25) is 0 Å². The number of hydrogen-bond donors (Lipinski definition) is 2. The molecule has 150 valence electrons. The fourth-order valence-corrected chi connectivity index (χ4v) is 4.73. The molecule has 0 spiro atoms. The van der Waals surface area contributed by atoms with Gasteiger partial charge in [0.25, 0.3) is 5.91 Å². The smallest absolute Gasteiger partial charge is 0.256 e. The van der Waals surface area contributed by atoms with E-state index in [4.69, 9.17) is 0 Å². The average molecular weight is 401 g/mol. The Labute approximate surface area is 167 Å². The topological polar surface area (TPSA) is 75.3 Å². The zero-order valence-electron chi connectivity index (χ0n) is 16.4. The highest BCUT2D eigenvalue weighted by Gasteiger charge is 2.25. The summed E-state index contributed by atoms with van der Waals surface area (Å²) < 4.78 is 25.1. The Bertz CT molecular complexity index is 915. The van der Waals surface area contributed by atoms with Crippen molar-refractivity contribution in [1.29, 1.82) is 0 Å². The Morgan fingerprint density at radius 3 is 2.18 bits per heavy atom. The van der Waals surface area contributed by atoms with Crippen molar-refractivity contribution < 1.29 is 13.2 Å². The van der Waals surface area contributed by atoms with Crippen molar-refractivity contribution in [2.75, 3.05) is 10.6 Å². The van der Waals surface area contributed by atoms with Gasteiger partial charge in [0, 0.05) is 17.4 Å². The van der Waals surface area contributed by atoms with E-state index >= 15 is 0 Å². The molecule has 0 saturated heterocycles. The van der Waals surface area contributed by atoms with Crippen molar-refractivity contribution in [3.63, 3.8) is 0 Å². The molecule has 0 bridgehead atoms. The number of anilines is 2. The number of nitrogens with one attached hydrogen (secondary N) is 2. The van der Waals surface area contributed by atoms with Crippen LogP contribution in [0.1, 0.15) is 56.3 Å². The molecule has 2 N–H and O–H groups in total. The van der Waals surface area contributed by atoms with Crippen LogP contribution in [-0.2, 0) is 9.84 Å². The van der Waals surface area contributed by atoms with Crippen LogP contribution in [0, 0.1) is 0 Å². The van der Waals surface area contributed by atoms with Crippen LogP contribution in [0.4, 0.5) is 11.4 Å². The van der Waals surface area contributed by atoms with E-state index < -0.39 is 21.0 Å². The van der Waals surface area contributed by atoms with Crippen molar-refractivity contribution in [2.45, 2.75) is 62.1 Å². The number of sulfone groups is 1. The van der Waals surface area contributed by atoms with Gasteiger partial charge in [0.15, 0.2) is 9.84 Å². The minimum atomic E-state index is -3.54. The van der Waals surface area contributed by atoms with E-state index in [1.54, 1.807) is 32.0 Å². The van der Waals surface area contributed by atoms with Crippen LogP contribution in [0.25, 0.3) is 0 Å². The summed E-state index contributed by atoms with van der Waals surface area (Å²) in [6, 6.07) is 14.4. The molecule has 1 aliphatic rings. The first-order valence-corrected chi connectivity index (χ1v) is 11.4. The molecule has 1 fully saturated rings. The van der Waals surface area contributed by atoms with Crippen molar-refractivity contribution in [3.8, 4) is 0 Å². The lowest BCUT2D eigenvalue weighted by Crippen LogP contribution is -2.22. The lowest BCUT2D eigenvalue weighted by molar-refractivity contribution is 0.102. The van der Waals surface area contributed by atoms with Crippen LogP contribution in [-0.4, -0.2) is 25.6 Å². The van der Waals surface area contributed by atoms with Crippen molar-refractivity contribution in [3.05, 3.63) is 54.1 Å². The van der Waals surface area contributed by atoms with Gasteiger partial charge in [0.1, 0.15) is 0 Å². The highest BCUT2D eigenvalue weighted by Crippen LogP contribution is 2.24. The van der Waals surface area contributed by atoms with E-state index in [2.05, 4.69) is 10.6 Å². The molecule has 2 aromatic rings. The van der Waals surface area contributed by atoms with Gasteiger partial charge >= 0.3 is 0 Å².